The van der Waals surface area contributed by atoms with Gasteiger partial charge < -0.3 is 0 Å². The molecule has 0 saturated carbocycles. The van der Waals surface area contributed by atoms with Crippen molar-refractivity contribution in [3.63, 3.8) is 0 Å². The molecule has 9 nitrogen and oxygen atoms in total. The van der Waals surface area contributed by atoms with Crippen LogP contribution in [-0.4, -0.2) is 85.3 Å². The van der Waals surface area contributed by atoms with Gasteiger partial charge in [0.15, 0.2) is 0 Å². The summed E-state index contributed by atoms with van der Waals surface area (Å²) in [6.45, 7) is 7.21. The van der Waals surface area contributed by atoms with Gasteiger partial charge in [0.1, 0.15) is 25.9 Å². The van der Waals surface area contributed by atoms with E-state index in [4.69, 9.17) is 18.2 Å². The van der Waals surface area contributed by atoms with Gasteiger partial charge in [-0.15, -0.1) is 9.34 Å². The normalized spacial score (nSPS) is 49.0. The Labute approximate surface area is 192 Å². The van der Waals surface area contributed by atoms with Crippen LogP contribution in [0.3, 0.4) is 0 Å². The zero-order valence-electron chi connectivity index (χ0n) is 19.6. The Morgan fingerprint density at radius 3 is 2.62 bits per heavy atom. The molecule has 8 aliphatic rings. The molecule has 8 aliphatic heterocycles. The fraction of sp³-hybridized carbons (Fsp3) is 0.952. The molecule has 2 amide bonds. The number of nitrogens with zero attached hydrogens (tertiary/aromatic N) is 3. The summed E-state index contributed by atoms with van der Waals surface area (Å²) in [6.07, 6.45) is 8.55. The molecule has 1 N–H and O–H groups in total. The number of carbonyl (C=O) groups is 1. The zero-order valence-corrected chi connectivity index (χ0v) is 21.4. The van der Waals surface area contributed by atoms with Gasteiger partial charge in [0.2, 0.25) is 0 Å². The van der Waals surface area contributed by atoms with Crippen molar-refractivity contribution >= 4 is 21.9 Å². The van der Waals surface area contributed by atoms with E-state index >= 15 is 0 Å². The molecule has 0 aromatic heterocycles. The average molecular weight is 490 g/mol. The number of quaternary nitrogens is 1. The molecule has 8 atom stereocenters. The van der Waals surface area contributed by atoms with E-state index in [1.165, 1.54) is 59.2 Å². The van der Waals surface area contributed by atoms with Crippen molar-refractivity contribution in [1.82, 2.24) is 14.4 Å². The summed E-state index contributed by atoms with van der Waals surface area (Å²) >= 11 is 0. The average Bonchev–Trinajstić information content (AvgIpc) is 3.37. The molecule has 180 valence electrons. The van der Waals surface area contributed by atoms with E-state index < -0.39 is 15.9 Å². The molecule has 8 heterocycles. The van der Waals surface area contributed by atoms with Crippen LogP contribution in [0.4, 0.5) is 4.79 Å². The van der Waals surface area contributed by atoms with Gasteiger partial charge >= 0.3 is 14.1 Å². The summed E-state index contributed by atoms with van der Waals surface area (Å²) in [4.78, 5) is 12.8. The highest BCUT2D eigenvalue weighted by molar-refractivity contribution is 7.67. The summed E-state index contributed by atoms with van der Waals surface area (Å²) in [5.74, 6) is 2.19. The number of carbonyl (C=O) groups excluding carboxylic acids is 1. The highest BCUT2D eigenvalue weighted by Crippen LogP contribution is 2.77. The lowest BCUT2D eigenvalue weighted by atomic mass is 9.79. The van der Waals surface area contributed by atoms with Crippen molar-refractivity contribution in [2.75, 3.05) is 53.2 Å². The lowest BCUT2D eigenvalue weighted by Crippen LogP contribution is -2.55. The van der Waals surface area contributed by atoms with Crippen molar-refractivity contribution in [3.8, 4) is 0 Å². The van der Waals surface area contributed by atoms with E-state index in [0.717, 1.165) is 37.8 Å². The van der Waals surface area contributed by atoms with Gasteiger partial charge in [-0.1, -0.05) is 12.0 Å². The summed E-state index contributed by atoms with van der Waals surface area (Å²) in [6, 6.07) is 1.16. The Bertz CT molecular complexity index is 774. The Morgan fingerprint density at radius 1 is 1.12 bits per heavy atom. The molecular formula is C21H39N4O5P2+3. The van der Waals surface area contributed by atoms with Crippen LogP contribution >= 0.6 is 15.9 Å². The molecule has 4 bridgehead atoms. The summed E-state index contributed by atoms with van der Waals surface area (Å²) < 4.78 is 29.5. The predicted molar refractivity (Wildman–Crippen MR) is 123 cm³/mol. The lowest BCUT2D eigenvalue weighted by molar-refractivity contribution is -1.00. The van der Waals surface area contributed by atoms with E-state index in [-0.39, 0.29) is 10.7 Å². The second-order valence-electron chi connectivity index (χ2n) is 10.6. The first kappa shape index (κ1) is 22.5. The highest BCUT2D eigenvalue weighted by atomic mass is 31.2. The van der Waals surface area contributed by atoms with Gasteiger partial charge in [-0.2, -0.15) is 18.4 Å². The third kappa shape index (κ3) is 3.20. The molecular weight excluding hydrogens is 450 g/mol. The number of hydrogen-bond acceptors (Lipinski definition) is 7. The molecule has 0 aliphatic carbocycles. The number of hydroxylamine groups is 3. The van der Waals surface area contributed by atoms with Crippen molar-refractivity contribution in [2.24, 2.45) is 17.8 Å². The topological polar surface area (TPSA) is 72.5 Å². The molecule has 0 aromatic carbocycles. The van der Waals surface area contributed by atoms with Gasteiger partial charge in [0, 0.05) is 36.1 Å². The van der Waals surface area contributed by atoms with Crippen LogP contribution in [0, 0.1) is 17.8 Å². The Hall–Kier alpha value is 0.0500. The first-order chi connectivity index (χ1) is 15.5. The van der Waals surface area contributed by atoms with Crippen LogP contribution < -0.4 is 5.09 Å². The Balaban J connectivity index is 1.13. The number of rotatable bonds is 6. The van der Waals surface area contributed by atoms with Crippen LogP contribution in [0.5, 0.6) is 0 Å². The molecule has 2 spiro atoms. The number of piperidine rings is 1. The minimum Gasteiger partial charge on any atom is -0.200 e. The molecule has 8 saturated heterocycles. The fourth-order valence-electron chi connectivity index (χ4n) is 7.37. The first-order valence-electron chi connectivity index (χ1n) is 12.4. The summed E-state index contributed by atoms with van der Waals surface area (Å²) in [7, 11) is -1.26. The number of fused-ring (bicyclic) bond motifs is 1. The smallest absolute Gasteiger partial charge is 0.200 e. The van der Waals surface area contributed by atoms with Gasteiger partial charge in [-0.3, -0.25) is 0 Å². The molecule has 8 unspecified atom stereocenters. The largest absolute Gasteiger partial charge is 0.595 e. The number of urea groups is 1. The van der Waals surface area contributed by atoms with E-state index in [9.17, 15) is 4.79 Å². The predicted octanol–water partition coefficient (Wildman–Crippen LogP) is 3.83. The van der Waals surface area contributed by atoms with Crippen LogP contribution in [0.2, 0.25) is 0 Å². The molecule has 32 heavy (non-hydrogen) atoms. The third-order valence-corrected chi connectivity index (χ3v) is 15.1. The molecule has 8 rings (SSSR count). The third-order valence-electron chi connectivity index (χ3n) is 9.17. The van der Waals surface area contributed by atoms with Gasteiger partial charge in [-0.05, 0) is 48.6 Å². The standard InChI is InChI=1S/C21H38N4O5P2/c1-4-19-15-29-31-10-8-17-11-20(24(31)13-18(17)12-23(19)31)6-5-16-7-9-25(14-16)21(26)22-32(27-2,28-3)30-25/h16-20H,4-15H2,1-3H3/q+2/p+1. The molecule has 11 heteroatoms. The summed E-state index contributed by atoms with van der Waals surface area (Å²) in [5, 5.41) is 2.86. The van der Waals surface area contributed by atoms with Crippen molar-refractivity contribution in [2.45, 2.75) is 57.5 Å². The summed E-state index contributed by atoms with van der Waals surface area (Å²) in [5.41, 5.74) is 0. The maximum Gasteiger partial charge on any atom is 0.595 e. The van der Waals surface area contributed by atoms with Crippen LogP contribution in [-0.2, 0) is 18.2 Å². The van der Waals surface area contributed by atoms with Crippen molar-refractivity contribution in [3.05, 3.63) is 0 Å². The van der Waals surface area contributed by atoms with Gasteiger partial charge in [0.25, 0.3) is 7.79 Å². The number of hydrogen-bond donors (Lipinski definition) is 1. The molecule has 0 aromatic rings. The van der Waals surface area contributed by atoms with Crippen molar-refractivity contribution in [1.29, 1.82) is 0 Å². The van der Waals surface area contributed by atoms with Gasteiger partial charge in [-0.25, -0.2) is 0 Å². The first-order valence-corrected chi connectivity index (χ1v) is 15.8. The highest BCUT2D eigenvalue weighted by Gasteiger charge is 2.72. The SMILES string of the molecule is CCC1CO[P+]23CCC4CC(CCC5CC[N+]6(C5)O[P+](OC)(OC)NC6=O)N2CC4CN13. The van der Waals surface area contributed by atoms with E-state index in [0.29, 0.717) is 24.5 Å². The lowest BCUT2D eigenvalue weighted by Gasteiger charge is -2.49. The fourth-order valence-corrected chi connectivity index (χ4v) is 13.6. The van der Waals surface area contributed by atoms with Crippen molar-refractivity contribution < 1.29 is 27.6 Å². The second-order valence-corrected chi connectivity index (χ2v) is 15.8. The van der Waals surface area contributed by atoms with Gasteiger partial charge in [0.05, 0.1) is 20.3 Å². The van der Waals surface area contributed by atoms with Crippen LogP contribution in [0.1, 0.15) is 45.4 Å². The Kier molecular flexibility index (Phi) is 5.66. The van der Waals surface area contributed by atoms with E-state index in [1.807, 2.05) is 0 Å². The maximum absolute atomic E-state index is 12.8. The minimum absolute atomic E-state index is 0.0191. The monoisotopic (exact) mass is 489 g/mol. The van der Waals surface area contributed by atoms with E-state index in [1.54, 1.807) is 0 Å². The number of nitrogens with one attached hydrogen (secondary N) is 1. The zero-order chi connectivity index (χ0) is 22.1. The number of amides is 2. The maximum atomic E-state index is 12.8. The van der Waals surface area contributed by atoms with E-state index in [2.05, 4.69) is 21.4 Å². The van der Waals surface area contributed by atoms with Crippen LogP contribution in [0.25, 0.3) is 0 Å². The Morgan fingerprint density at radius 2 is 1.91 bits per heavy atom. The molecule has 8 fully saturated rings. The molecule has 0 radical (unpaired) electrons. The minimum atomic E-state index is -2.75. The quantitative estimate of drug-likeness (QED) is 0.449. The second kappa shape index (κ2) is 8.04. The van der Waals surface area contributed by atoms with Crippen LogP contribution in [0.15, 0.2) is 0 Å².